The number of benzene rings is 3. The predicted octanol–water partition coefficient (Wildman–Crippen LogP) is 6.59. The molecule has 0 amide bonds. The molecule has 0 saturated heterocycles. The first-order valence-electron chi connectivity index (χ1n) is 9.55. The predicted molar refractivity (Wildman–Crippen MR) is 131 cm³/mol. The highest BCUT2D eigenvalue weighted by atomic mass is 79.9. The lowest BCUT2D eigenvalue weighted by atomic mass is 9.92. The first-order valence-corrected chi connectivity index (χ1v) is 12.8. The molecule has 30 heavy (non-hydrogen) atoms. The van der Waals surface area contributed by atoms with Crippen molar-refractivity contribution in [3.63, 3.8) is 0 Å². The summed E-state index contributed by atoms with van der Waals surface area (Å²) in [6.07, 6.45) is 0.533. The van der Waals surface area contributed by atoms with Crippen LogP contribution in [0, 0.1) is 6.92 Å². The van der Waals surface area contributed by atoms with Crippen LogP contribution in [0.2, 0.25) is 0 Å². The zero-order chi connectivity index (χ0) is 21.7. The van der Waals surface area contributed by atoms with Crippen molar-refractivity contribution in [3.8, 4) is 0 Å². The number of halogens is 2. The molecule has 0 heterocycles. The summed E-state index contributed by atoms with van der Waals surface area (Å²) in [4.78, 5) is 4.84. The molecule has 0 N–H and O–H groups in total. The van der Waals surface area contributed by atoms with E-state index in [0.29, 0.717) is 11.3 Å². The fourth-order valence-electron chi connectivity index (χ4n) is 3.33. The molecule has 1 atom stereocenters. The van der Waals surface area contributed by atoms with Gasteiger partial charge in [-0.1, -0.05) is 73.8 Å². The molecule has 3 aromatic carbocycles. The normalized spacial score (nSPS) is 13.3. The highest BCUT2D eigenvalue weighted by Gasteiger charge is 2.24. The van der Waals surface area contributed by atoms with Gasteiger partial charge in [0.05, 0.1) is 10.6 Å². The van der Waals surface area contributed by atoms with Crippen LogP contribution in [0.4, 0.5) is 0 Å². The van der Waals surface area contributed by atoms with Gasteiger partial charge in [-0.25, -0.2) is 8.42 Å². The van der Waals surface area contributed by atoms with E-state index in [0.717, 1.165) is 31.3 Å². The average Bonchev–Trinajstić information content (AvgIpc) is 2.73. The number of nitrogens with zero attached hydrogens (tertiary/aromatic N) is 1. The van der Waals surface area contributed by atoms with E-state index >= 15 is 0 Å². The second-order valence-electron chi connectivity index (χ2n) is 7.22. The minimum Gasteiger partial charge on any atom is -0.292 e. The summed E-state index contributed by atoms with van der Waals surface area (Å²) in [7, 11) is -1.70. The Morgan fingerprint density at radius 3 is 1.93 bits per heavy atom. The molecule has 0 saturated carbocycles. The van der Waals surface area contributed by atoms with Crippen molar-refractivity contribution in [1.82, 2.24) is 0 Å². The van der Waals surface area contributed by atoms with Gasteiger partial charge >= 0.3 is 0 Å². The van der Waals surface area contributed by atoms with E-state index in [2.05, 4.69) is 36.9 Å². The Bertz CT molecular complexity index is 1120. The van der Waals surface area contributed by atoms with Crippen molar-refractivity contribution in [2.75, 3.05) is 12.8 Å². The summed E-state index contributed by atoms with van der Waals surface area (Å²) in [5.41, 5.74) is 3.89. The Balaban J connectivity index is 1.95. The SMILES string of the molecule is CN=C(CC(CS(=O)(=O)c1ccc(C)cc1)c1ccc(Br)cc1)c1ccc(Br)cc1. The maximum Gasteiger partial charge on any atom is 0.178 e. The van der Waals surface area contributed by atoms with Crippen molar-refractivity contribution in [1.29, 1.82) is 0 Å². The third-order valence-electron chi connectivity index (χ3n) is 5.03. The summed E-state index contributed by atoms with van der Waals surface area (Å²) < 4.78 is 28.3. The third kappa shape index (κ3) is 5.90. The van der Waals surface area contributed by atoms with Crippen LogP contribution < -0.4 is 0 Å². The van der Waals surface area contributed by atoms with Crippen LogP contribution in [-0.2, 0) is 9.84 Å². The molecule has 0 aliphatic carbocycles. The molecule has 0 spiro atoms. The third-order valence-corrected chi connectivity index (χ3v) is 7.92. The molecule has 3 aromatic rings. The summed E-state index contributed by atoms with van der Waals surface area (Å²) in [5, 5.41) is 0. The first-order chi connectivity index (χ1) is 14.3. The number of hydrogen-bond donors (Lipinski definition) is 0. The number of rotatable bonds is 7. The molecule has 0 bridgehead atoms. The van der Waals surface area contributed by atoms with Gasteiger partial charge in [-0.05, 0) is 60.9 Å². The van der Waals surface area contributed by atoms with E-state index in [-0.39, 0.29) is 11.7 Å². The molecular weight excluding hydrogens is 526 g/mol. The molecule has 3 rings (SSSR count). The minimum atomic E-state index is -3.45. The standard InChI is InChI=1S/C24H23Br2NO2S/c1-17-3-13-23(14-4-17)30(28,29)16-20(18-5-9-21(25)10-6-18)15-24(27-2)19-7-11-22(26)12-8-19/h3-14,20H,15-16H2,1-2H3. The van der Waals surface area contributed by atoms with E-state index in [9.17, 15) is 8.42 Å². The van der Waals surface area contributed by atoms with E-state index in [4.69, 9.17) is 0 Å². The number of sulfone groups is 1. The van der Waals surface area contributed by atoms with E-state index in [1.54, 1.807) is 19.2 Å². The van der Waals surface area contributed by atoms with Crippen LogP contribution in [0.25, 0.3) is 0 Å². The van der Waals surface area contributed by atoms with Crippen molar-refractivity contribution in [3.05, 3.63) is 98.4 Å². The van der Waals surface area contributed by atoms with E-state index in [1.165, 1.54) is 0 Å². The summed E-state index contributed by atoms with van der Waals surface area (Å²) >= 11 is 6.92. The Labute approximate surface area is 195 Å². The number of hydrogen-bond acceptors (Lipinski definition) is 3. The second-order valence-corrected chi connectivity index (χ2v) is 11.1. The molecular formula is C24H23Br2NO2S. The molecule has 3 nitrogen and oxygen atoms in total. The van der Waals surface area contributed by atoms with Crippen LogP contribution >= 0.6 is 31.9 Å². The Hall–Kier alpha value is -1.76. The van der Waals surface area contributed by atoms with Crippen LogP contribution in [0.3, 0.4) is 0 Å². The lowest BCUT2D eigenvalue weighted by Gasteiger charge is -2.19. The largest absolute Gasteiger partial charge is 0.292 e. The van der Waals surface area contributed by atoms with Crippen LogP contribution in [-0.4, -0.2) is 26.9 Å². The molecule has 0 aromatic heterocycles. The van der Waals surface area contributed by atoms with Crippen molar-refractivity contribution < 1.29 is 8.42 Å². The number of aryl methyl sites for hydroxylation is 1. The van der Waals surface area contributed by atoms with Crippen molar-refractivity contribution >= 4 is 47.4 Å². The van der Waals surface area contributed by atoms with Gasteiger partial charge in [-0.15, -0.1) is 0 Å². The number of aliphatic imine (C=N–C) groups is 1. The lowest BCUT2D eigenvalue weighted by Crippen LogP contribution is -2.19. The summed E-state index contributed by atoms with van der Waals surface area (Å²) in [6.45, 7) is 1.95. The molecule has 0 aliphatic rings. The molecule has 6 heteroatoms. The average molecular weight is 549 g/mol. The summed E-state index contributed by atoms with van der Waals surface area (Å²) in [6, 6.07) is 22.8. The maximum absolute atomic E-state index is 13.2. The van der Waals surface area contributed by atoms with Gasteiger partial charge in [-0.3, -0.25) is 4.99 Å². The fraction of sp³-hybridized carbons (Fsp3) is 0.208. The fourth-order valence-corrected chi connectivity index (χ4v) is 5.44. The van der Waals surface area contributed by atoms with Crippen LogP contribution in [0.1, 0.15) is 29.0 Å². The molecule has 1 unspecified atom stereocenters. The van der Waals surface area contributed by atoms with E-state index < -0.39 is 9.84 Å². The molecule has 0 fully saturated rings. The van der Waals surface area contributed by atoms with Gasteiger partial charge in [-0.2, -0.15) is 0 Å². The van der Waals surface area contributed by atoms with Crippen molar-refractivity contribution in [2.24, 2.45) is 4.99 Å². The zero-order valence-electron chi connectivity index (χ0n) is 16.8. The molecule has 0 aliphatic heterocycles. The highest BCUT2D eigenvalue weighted by Crippen LogP contribution is 2.28. The smallest absolute Gasteiger partial charge is 0.178 e. The monoisotopic (exact) mass is 547 g/mol. The Morgan fingerprint density at radius 1 is 0.867 bits per heavy atom. The van der Waals surface area contributed by atoms with Crippen LogP contribution in [0.5, 0.6) is 0 Å². The van der Waals surface area contributed by atoms with Crippen molar-refractivity contribution in [2.45, 2.75) is 24.2 Å². The molecule has 156 valence electrons. The van der Waals surface area contributed by atoms with E-state index in [1.807, 2.05) is 67.6 Å². The minimum absolute atomic E-state index is 0.0211. The van der Waals surface area contributed by atoms with Gasteiger partial charge < -0.3 is 0 Å². The lowest BCUT2D eigenvalue weighted by molar-refractivity contribution is 0.588. The maximum atomic E-state index is 13.2. The zero-order valence-corrected chi connectivity index (χ0v) is 20.8. The Morgan fingerprint density at radius 2 is 1.40 bits per heavy atom. The van der Waals surface area contributed by atoms with Gasteiger partial charge in [0.1, 0.15) is 0 Å². The topological polar surface area (TPSA) is 46.5 Å². The van der Waals surface area contributed by atoms with Gasteiger partial charge in [0, 0.05) is 27.6 Å². The van der Waals surface area contributed by atoms with Gasteiger partial charge in [0.15, 0.2) is 9.84 Å². The van der Waals surface area contributed by atoms with Gasteiger partial charge in [0.25, 0.3) is 0 Å². The highest BCUT2D eigenvalue weighted by molar-refractivity contribution is 9.10. The molecule has 0 radical (unpaired) electrons. The van der Waals surface area contributed by atoms with Gasteiger partial charge in [0.2, 0.25) is 0 Å². The Kier molecular flexibility index (Phi) is 7.66. The van der Waals surface area contributed by atoms with Crippen LogP contribution in [0.15, 0.2) is 91.6 Å². The first kappa shape index (κ1) is 22.9. The second kappa shape index (κ2) is 10.0. The summed E-state index contributed by atoms with van der Waals surface area (Å²) in [5.74, 6) is -0.195. The quantitative estimate of drug-likeness (QED) is 0.313.